The van der Waals surface area contributed by atoms with E-state index >= 15 is 0 Å². The molecule has 1 unspecified atom stereocenters. The zero-order valence-corrected chi connectivity index (χ0v) is 17.1. The first-order valence-corrected chi connectivity index (χ1v) is 9.82. The van der Waals surface area contributed by atoms with E-state index in [1.54, 1.807) is 26.0 Å². The molecule has 2 aromatic heterocycles. The maximum atomic E-state index is 12.8. The number of aliphatic hydroxyl groups excluding tert-OH is 1. The molecule has 1 amide bonds. The van der Waals surface area contributed by atoms with Gasteiger partial charge in [-0.2, -0.15) is 13.2 Å². The van der Waals surface area contributed by atoms with Crippen LogP contribution in [0.15, 0.2) is 42.6 Å². The van der Waals surface area contributed by atoms with Crippen LogP contribution in [0.4, 0.5) is 13.2 Å². The number of rotatable bonds is 6. The minimum Gasteiger partial charge on any atom is -0.391 e. The molecular formula is C20H21F3N4O2S. The van der Waals surface area contributed by atoms with Gasteiger partial charge < -0.3 is 21.1 Å². The van der Waals surface area contributed by atoms with Crippen molar-refractivity contribution in [2.45, 2.75) is 38.2 Å². The van der Waals surface area contributed by atoms with Crippen molar-refractivity contribution in [3.8, 4) is 11.3 Å². The molecule has 1 aromatic carbocycles. The second-order valence-electron chi connectivity index (χ2n) is 7.41. The number of benzene rings is 1. The molecule has 160 valence electrons. The van der Waals surface area contributed by atoms with E-state index in [2.05, 4.69) is 15.3 Å². The number of H-pyrrole nitrogens is 1. The topological polar surface area (TPSA) is 104 Å². The highest BCUT2D eigenvalue weighted by Gasteiger charge is 2.32. The number of thiazole rings is 1. The number of halogens is 3. The number of nitrogens with two attached hydrogens (primary N) is 1. The van der Waals surface area contributed by atoms with Gasteiger partial charge in [0.25, 0.3) is 5.91 Å². The summed E-state index contributed by atoms with van der Waals surface area (Å²) in [4.78, 5) is 20.6. The fraction of sp³-hybridized carbons (Fsp3) is 0.300. The van der Waals surface area contributed by atoms with Gasteiger partial charge in [-0.25, -0.2) is 4.98 Å². The van der Waals surface area contributed by atoms with Crippen molar-refractivity contribution in [3.63, 3.8) is 0 Å². The lowest BCUT2D eigenvalue weighted by molar-refractivity contribution is -0.137. The lowest BCUT2D eigenvalue weighted by atomic mass is 9.96. The van der Waals surface area contributed by atoms with Gasteiger partial charge in [0.05, 0.1) is 23.1 Å². The average molecular weight is 438 g/mol. The summed E-state index contributed by atoms with van der Waals surface area (Å²) in [6.45, 7) is 3.34. The number of alkyl halides is 3. The monoisotopic (exact) mass is 438 g/mol. The van der Waals surface area contributed by atoms with Gasteiger partial charge in [0.1, 0.15) is 10.7 Å². The first-order valence-electron chi connectivity index (χ1n) is 9.01. The van der Waals surface area contributed by atoms with Crippen LogP contribution in [-0.4, -0.2) is 26.5 Å². The number of carbonyl (C=O) groups excluding carboxylic acids is 1. The lowest BCUT2D eigenvalue weighted by Crippen LogP contribution is -2.48. The zero-order chi connectivity index (χ0) is 22.1. The maximum Gasteiger partial charge on any atom is 0.416 e. The fourth-order valence-electron chi connectivity index (χ4n) is 2.84. The third-order valence-electron chi connectivity index (χ3n) is 4.45. The maximum absolute atomic E-state index is 12.8. The van der Waals surface area contributed by atoms with E-state index in [-0.39, 0.29) is 12.3 Å². The molecule has 6 nitrogen and oxygen atoms in total. The lowest BCUT2D eigenvalue weighted by Gasteiger charge is -2.29. The van der Waals surface area contributed by atoms with E-state index in [1.807, 2.05) is 0 Å². The Morgan fingerprint density at radius 2 is 1.90 bits per heavy atom. The van der Waals surface area contributed by atoms with Crippen molar-refractivity contribution in [2.75, 3.05) is 0 Å². The summed E-state index contributed by atoms with van der Waals surface area (Å²) in [6.07, 6.45) is -2.88. The highest BCUT2D eigenvalue weighted by Crippen LogP contribution is 2.31. The third-order valence-corrected chi connectivity index (χ3v) is 5.49. The van der Waals surface area contributed by atoms with E-state index in [1.165, 1.54) is 29.7 Å². The Hall–Kier alpha value is -2.69. The van der Waals surface area contributed by atoms with Crippen molar-refractivity contribution >= 4 is 17.2 Å². The molecule has 2 heterocycles. The van der Waals surface area contributed by atoms with Crippen molar-refractivity contribution in [1.82, 2.24) is 15.3 Å². The molecule has 3 aromatic rings. The number of hydrogen-bond acceptors (Lipinski definition) is 5. The smallest absolute Gasteiger partial charge is 0.391 e. The predicted molar refractivity (Wildman–Crippen MR) is 108 cm³/mol. The summed E-state index contributed by atoms with van der Waals surface area (Å²) in [5.41, 5.74) is 5.91. The molecule has 30 heavy (non-hydrogen) atoms. The number of aliphatic hydroxyl groups is 1. The van der Waals surface area contributed by atoms with Gasteiger partial charge in [-0.15, -0.1) is 11.3 Å². The first kappa shape index (κ1) is 22.0. The Morgan fingerprint density at radius 3 is 2.43 bits per heavy atom. The second kappa shape index (κ2) is 8.21. The number of nitrogens with one attached hydrogen (secondary N) is 2. The summed E-state index contributed by atoms with van der Waals surface area (Å²) < 4.78 is 38.2. The van der Waals surface area contributed by atoms with Crippen LogP contribution in [-0.2, 0) is 12.8 Å². The highest BCUT2D eigenvalue weighted by atomic mass is 32.1. The van der Waals surface area contributed by atoms with Gasteiger partial charge in [0, 0.05) is 17.4 Å². The number of carbonyl (C=O) groups is 1. The van der Waals surface area contributed by atoms with Gasteiger partial charge in [0.15, 0.2) is 0 Å². The Morgan fingerprint density at radius 1 is 1.23 bits per heavy atom. The Balaban J connectivity index is 1.79. The summed E-state index contributed by atoms with van der Waals surface area (Å²) in [5.74, 6) is -0.433. The van der Waals surface area contributed by atoms with Crippen LogP contribution in [0.25, 0.3) is 11.3 Å². The third kappa shape index (κ3) is 4.89. The SMILES string of the molecule is CC(C)(N)C(NC(=O)c1ccc(-c2ccc(C(F)(F)F)cc2)[nH]1)c1ncc(CO)s1. The molecule has 1 atom stereocenters. The second-order valence-corrected chi connectivity index (χ2v) is 8.56. The van der Waals surface area contributed by atoms with Crippen molar-refractivity contribution in [2.24, 2.45) is 5.73 Å². The molecule has 3 rings (SSSR count). The van der Waals surface area contributed by atoms with Gasteiger partial charge in [0.2, 0.25) is 0 Å². The molecule has 5 N–H and O–H groups in total. The van der Waals surface area contributed by atoms with Crippen LogP contribution in [0, 0.1) is 0 Å². The first-order chi connectivity index (χ1) is 14.0. The normalized spacial score (nSPS) is 13.3. The molecule has 0 aliphatic rings. The molecule has 0 aliphatic heterocycles. The molecule has 0 bridgehead atoms. The molecule has 0 saturated heterocycles. The van der Waals surface area contributed by atoms with Gasteiger partial charge in [-0.05, 0) is 43.7 Å². The summed E-state index contributed by atoms with van der Waals surface area (Å²) >= 11 is 1.25. The molecule has 0 aliphatic carbocycles. The molecule has 0 radical (unpaired) electrons. The van der Waals surface area contributed by atoms with Gasteiger partial charge in [-0.1, -0.05) is 12.1 Å². The standard InChI is InChI=1S/C20H21F3N4O2S/c1-19(2,24)16(18-25-9-13(10-28)30-18)27-17(29)15-8-7-14(26-15)11-3-5-12(6-4-11)20(21,22)23/h3-9,16,26,28H,10,24H2,1-2H3,(H,27,29). The fourth-order valence-corrected chi connectivity index (χ4v) is 3.86. The van der Waals surface area contributed by atoms with Crippen LogP contribution in [0.5, 0.6) is 0 Å². The highest BCUT2D eigenvalue weighted by molar-refractivity contribution is 7.11. The van der Waals surface area contributed by atoms with Gasteiger partial charge >= 0.3 is 6.18 Å². The zero-order valence-electron chi connectivity index (χ0n) is 16.2. The molecule has 0 fully saturated rings. The largest absolute Gasteiger partial charge is 0.416 e. The number of nitrogens with zero attached hydrogens (tertiary/aromatic N) is 1. The van der Waals surface area contributed by atoms with E-state index in [0.717, 1.165) is 12.1 Å². The van der Waals surface area contributed by atoms with E-state index < -0.39 is 29.2 Å². The minimum atomic E-state index is -4.41. The van der Waals surface area contributed by atoms with Crippen LogP contribution in [0.2, 0.25) is 0 Å². The van der Waals surface area contributed by atoms with Crippen LogP contribution in [0.1, 0.15) is 45.8 Å². The Labute approximate surface area is 175 Å². The minimum absolute atomic E-state index is 0.156. The van der Waals surface area contributed by atoms with Gasteiger partial charge in [-0.3, -0.25) is 4.79 Å². The summed E-state index contributed by atoms with van der Waals surface area (Å²) in [7, 11) is 0. The van der Waals surface area contributed by atoms with Crippen LogP contribution >= 0.6 is 11.3 Å². The predicted octanol–water partition coefficient (Wildman–Crippen LogP) is 3.86. The molecular weight excluding hydrogens is 417 g/mol. The summed E-state index contributed by atoms with van der Waals surface area (Å²) in [6, 6.07) is 7.22. The van der Waals surface area contributed by atoms with E-state index in [9.17, 15) is 23.1 Å². The van der Waals surface area contributed by atoms with Crippen LogP contribution < -0.4 is 11.1 Å². The quantitative estimate of drug-likeness (QED) is 0.469. The van der Waals surface area contributed by atoms with Crippen molar-refractivity contribution in [1.29, 1.82) is 0 Å². The van der Waals surface area contributed by atoms with E-state index in [0.29, 0.717) is 21.1 Å². The Bertz CT molecular complexity index is 1020. The summed E-state index contributed by atoms with van der Waals surface area (Å²) in [5, 5.41) is 12.7. The van der Waals surface area contributed by atoms with Crippen LogP contribution in [0.3, 0.4) is 0 Å². The number of aromatic amines is 1. The number of amides is 1. The number of hydrogen-bond donors (Lipinski definition) is 4. The van der Waals surface area contributed by atoms with Crippen molar-refractivity contribution < 1.29 is 23.1 Å². The molecule has 0 saturated carbocycles. The van der Waals surface area contributed by atoms with E-state index in [4.69, 9.17) is 5.73 Å². The number of aromatic nitrogens is 2. The van der Waals surface area contributed by atoms with Crippen molar-refractivity contribution in [3.05, 3.63) is 63.7 Å². The molecule has 10 heteroatoms. The Kier molecular flexibility index (Phi) is 6.02. The molecule has 0 spiro atoms. The average Bonchev–Trinajstić information content (AvgIpc) is 3.34.